The largest absolute Gasteiger partial charge is 0.464 e. The van der Waals surface area contributed by atoms with Gasteiger partial charge in [-0.1, -0.05) is 5.10 Å². The molecule has 0 saturated carbocycles. The van der Waals surface area contributed by atoms with Crippen LogP contribution in [0.5, 0.6) is 0 Å². The van der Waals surface area contributed by atoms with Gasteiger partial charge in [-0.25, -0.2) is 13.2 Å². The van der Waals surface area contributed by atoms with E-state index < -0.39 is 21.0 Å². The van der Waals surface area contributed by atoms with E-state index in [9.17, 15) is 13.2 Å². The Morgan fingerprint density at radius 3 is 2.48 bits per heavy atom. The molecule has 0 aliphatic rings. The summed E-state index contributed by atoms with van der Waals surface area (Å²) < 4.78 is 34.2. The van der Waals surface area contributed by atoms with Crippen molar-refractivity contribution in [2.45, 2.75) is 5.22 Å². The third kappa shape index (κ3) is 3.25. The predicted molar refractivity (Wildman–Crippen MR) is 92.6 cm³/mol. The third-order valence-electron chi connectivity index (χ3n) is 3.66. The van der Waals surface area contributed by atoms with Crippen LogP contribution in [0.15, 0.2) is 40.1 Å². The smallest absolute Gasteiger partial charge is 0.357 e. The first-order valence-electron chi connectivity index (χ1n) is 7.40. The van der Waals surface area contributed by atoms with Gasteiger partial charge in [0.05, 0.1) is 18.4 Å². The van der Waals surface area contributed by atoms with Crippen LogP contribution < -0.4 is 5.73 Å². The number of esters is 1. The van der Waals surface area contributed by atoms with Gasteiger partial charge in [0.25, 0.3) is 0 Å². The van der Waals surface area contributed by atoms with Crippen LogP contribution in [0.2, 0.25) is 0 Å². The molecular formula is C16H13N5O5S. The first kappa shape index (κ1) is 18.2. The van der Waals surface area contributed by atoms with Crippen molar-refractivity contribution in [2.24, 2.45) is 0 Å². The average Bonchev–Trinajstić information content (AvgIpc) is 3.26. The van der Waals surface area contributed by atoms with Crippen molar-refractivity contribution in [3.8, 4) is 23.2 Å². The Bertz CT molecular complexity index is 1170. The monoisotopic (exact) mass is 387 g/mol. The lowest BCUT2D eigenvalue weighted by Crippen LogP contribution is -2.11. The molecule has 2 N–H and O–H groups in total. The van der Waals surface area contributed by atoms with Gasteiger partial charge in [0.15, 0.2) is 5.69 Å². The number of nitrogens with two attached hydrogens (primary N) is 1. The van der Waals surface area contributed by atoms with E-state index in [1.54, 1.807) is 24.3 Å². The number of sulfone groups is 1. The van der Waals surface area contributed by atoms with Crippen molar-refractivity contribution in [1.82, 2.24) is 14.8 Å². The number of hydrogen-bond donors (Lipinski definition) is 1. The number of carbonyl (C=O) groups excluding carboxylic acids is 1. The summed E-state index contributed by atoms with van der Waals surface area (Å²) in [6.45, 7) is 0. The van der Waals surface area contributed by atoms with Gasteiger partial charge in [0.2, 0.25) is 15.7 Å². The minimum atomic E-state index is -3.60. The van der Waals surface area contributed by atoms with Crippen LogP contribution in [0.25, 0.3) is 17.1 Å². The summed E-state index contributed by atoms with van der Waals surface area (Å²) >= 11 is 0. The van der Waals surface area contributed by atoms with Crippen LogP contribution in [0, 0.1) is 11.3 Å². The second-order valence-corrected chi connectivity index (χ2v) is 7.36. The Kier molecular flexibility index (Phi) is 4.42. The lowest BCUT2D eigenvalue weighted by atomic mass is 10.2. The van der Waals surface area contributed by atoms with Gasteiger partial charge < -0.3 is 19.5 Å². The van der Waals surface area contributed by atoms with Crippen molar-refractivity contribution in [3.05, 3.63) is 41.7 Å². The summed E-state index contributed by atoms with van der Waals surface area (Å²) in [5, 5.41) is 15.9. The second-order valence-electron chi connectivity index (χ2n) is 5.47. The van der Waals surface area contributed by atoms with Gasteiger partial charge in [0.1, 0.15) is 6.07 Å². The van der Waals surface area contributed by atoms with Crippen LogP contribution >= 0.6 is 0 Å². The standard InChI is InChI=1S/C16H13N5O5S/c1-25-15(22)13-12(18)10(7-17)8-21(13)11-5-3-9(4-6-11)14-19-20-16(26-14)27(2,23)24/h3-6,8H,18H2,1-2H3. The van der Waals surface area contributed by atoms with Gasteiger partial charge in [-0.2, -0.15) is 5.26 Å². The number of anilines is 1. The highest BCUT2D eigenvalue weighted by molar-refractivity contribution is 7.90. The number of carbonyl (C=O) groups is 1. The van der Waals surface area contributed by atoms with Gasteiger partial charge in [-0.05, 0) is 24.3 Å². The molecule has 11 heteroatoms. The third-order valence-corrected chi connectivity index (χ3v) is 4.46. The molecule has 0 aliphatic carbocycles. The fourth-order valence-electron chi connectivity index (χ4n) is 2.36. The maximum Gasteiger partial charge on any atom is 0.357 e. The molecule has 2 heterocycles. The molecule has 3 aromatic rings. The maximum absolute atomic E-state index is 12.0. The molecule has 27 heavy (non-hydrogen) atoms. The van der Waals surface area contributed by atoms with Crippen molar-refractivity contribution < 1.29 is 22.4 Å². The van der Waals surface area contributed by atoms with Crippen molar-refractivity contribution in [1.29, 1.82) is 5.26 Å². The number of methoxy groups -OCH3 is 1. The fourth-order valence-corrected chi connectivity index (χ4v) is 2.78. The number of nitriles is 1. The molecule has 0 amide bonds. The summed E-state index contributed by atoms with van der Waals surface area (Å²) in [6.07, 6.45) is 2.38. The summed E-state index contributed by atoms with van der Waals surface area (Å²) in [6, 6.07) is 8.34. The van der Waals surface area contributed by atoms with E-state index in [1.807, 2.05) is 6.07 Å². The van der Waals surface area contributed by atoms with Gasteiger partial charge >= 0.3 is 11.2 Å². The molecule has 0 spiro atoms. The van der Waals surface area contributed by atoms with Gasteiger partial charge in [-0.15, -0.1) is 5.10 Å². The number of rotatable bonds is 4. The zero-order valence-corrected chi connectivity index (χ0v) is 15.0. The molecule has 0 atom stereocenters. The van der Waals surface area contributed by atoms with Gasteiger partial charge in [-0.3, -0.25) is 0 Å². The second kappa shape index (κ2) is 6.58. The number of aromatic nitrogens is 3. The molecule has 2 aromatic heterocycles. The van der Waals surface area contributed by atoms with E-state index in [-0.39, 0.29) is 22.8 Å². The lowest BCUT2D eigenvalue weighted by Gasteiger charge is -2.08. The van der Waals surface area contributed by atoms with E-state index in [2.05, 4.69) is 10.2 Å². The molecule has 0 unspecified atom stereocenters. The molecule has 138 valence electrons. The normalized spacial score (nSPS) is 11.1. The van der Waals surface area contributed by atoms with E-state index in [0.717, 1.165) is 6.26 Å². The van der Waals surface area contributed by atoms with E-state index in [0.29, 0.717) is 11.3 Å². The van der Waals surface area contributed by atoms with Crippen molar-refractivity contribution in [2.75, 3.05) is 19.1 Å². The van der Waals surface area contributed by atoms with Crippen LogP contribution in [-0.2, 0) is 14.6 Å². The highest BCUT2D eigenvalue weighted by atomic mass is 32.2. The molecule has 10 nitrogen and oxygen atoms in total. The Labute approximate surface area is 153 Å². The Balaban J connectivity index is 2.03. The van der Waals surface area contributed by atoms with Gasteiger partial charge in [0, 0.05) is 23.7 Å². The predicted octanol–water partition coefficient (Wildman–Crippen LogP) is 1.17. The summed E-state index contributed by atoms with van der Waals surface area (Å²) in [7, 11) is -2.39. The molecule has 0 saturated heterocycles. The highest BCUT2D eigenvalue weighted by Gasteiger charge is 2.22. The Morgan fingerprint density at radius 2 is 1.96 bits per heavy atom. The molecule has 0 fully saturated rings. The first-order chi connectivity index (χ1) is 12.8. The van der Waals surface area contributed by atoms with Crippen molar-refractivity contribution >= 4 is 21.5 Å². The van der Waals surface area contributed by atoms with Crippen molar-refractivity contribution in [3.63, 3.8) is 0 Å². The minimum absolute atomic E-state index is 0.0168. The summed E-state index contributed by atoms with van der Waals surface area (Å²) in [4.78, 5) is 12.0. The highest BCUT2D eigenvalue weighted by Crippen LogP contribution is 2.26. The Morgan fingerprint density at radius 1 is 1.30 bits per heavy atom. The van der Waals surface area contributed by atoms with E-state index >= 15 is 0 Å². The number of benzene rings is 1. The van der Waals surface area contributed by atoms with Crippen LogP contribution in [-0.4, -0.2) is 42.5 Å². The molecular weight excluding hydrogens is 374 g/mol. The SMILES string of the molecule is COC(=O)c1c(N)c(C#N)cn1-c1ccc(-c2nnc(S(C)(=O)=O)o2)cc1. The number of ether oxygens (including phenoxy) is 1. The Hall–Kier alpha value is -3.65. The first-order valence-corrected chi connectivity index (χ1v) is 9.29. The fraction of sp³-hybridized carbons (Fsp3) is 0.125. The van der Waals surface area contributed by atoms with E-state index in [1.165, 1.54) is 17.9 Å². The lowest BCUT2D eigenvalue weighted by molar-refractivity contribution is 0.0593. The number of hydrogen-bond acceptors (Lipinski definition) is 9. The van der Waals surface area contributed by atoms with Crippen LogP contribution in [0.4, 0.5) is 5.69 Å². The molecule has 3 rings (SSSR count). The average molecular weight is 387 g/mol. The maximum atomic E-state index is 12.0. The number of nitrogens with zero attached hydrogens (tertiary/aromatic N) is 4. The van der Waals surface area contributed by atoms with Crippen LogP contribution in [0.1, 0.15) is 16.1 Å². The summed E-state index contributed by atoms with van der Waals surface area (Å²) in [5.74, 6) is -0.660. The molecule has 1 aromatic carbocycles. The zero-order chi connectivity index (χ0) is 19.8. The summed E-state index contributed by atoms with van der Waals surface area (Å²) in [5.41, 5.74) is 7.03. The quantitative estimate of drug-likeness (QED) is 0.649. The molecule has 0 bridgehead atoms. The molecule has 0 radical (unpaired) electrons. The number of nitrogen functional groups attached to an aromatic ring is 1. The minimum Gasteiger partial charge on any atom is -0.464 e. The van der Waals surface area contributed by atoms with Crippen LogP contribution in [0.3, 0.4) is 0 Å². The zero-order valence-electron chi connectivity index (χ0n) is 14.2. The molecule has 0 aliphatic heterocycles. The van der Waals surface area contributed by atoms with E-state index in [4.69, 9.17) is 20.1 Å². The topological polar surface area (TPSA) is 154 Å².